The Morgan fingerprint density at radius 2 is 2.00 bits per heavy atom. The van der Waals surface area contributed by atoms with E-state index in [-0.39, 0.29) is 17.1 Å². The molecule has 8 heteroatoms. The molecule has 2 aromatic rings. The van der Waals surface area contributed by atoms with Gasteiger partial charge in [-0.1, -0.05) is 11.6 Å². The van der Waals surface area contributed by atoms with E-state index in [0.717, 1.165) is 12.1 Å². The van der Waals surface area contributed by atoms with Crippen LogP contribution in [0, 0.1) is 0 Å². The van der Waals surface area contributed by atoms with E-state index in [9.17, 15) is 18.0 Å². The number of alkyl halides is 3. The van der Waals surface area contributed by atoms with Gasteiger partial charge in [0.05, 0.1) is 16.1 Å². The summed E-state index contributed by atoms with van der Waals surface area (Å²) in [5.41, 5.74) is 4.53. The van der Waals surface area contributed by atoms with Crippen LogP contribution in [-0.4, -0.2) is 10.9 Å². The smallest absolute Gasteiger partial charge is 0.383 e. The summed E-state index contributed by atoms with van der Waals surface area (Å²) in [7, 11) is 0. The van der Waals surface area contributed by atoms with Crippen molar-refractivity contribution in [3.63, 3.8) is 0 Å². The van der Waals surface area contributed by atoms with Crippen LogP contribution < -0.4 is 11.1 Å². The van der Waals surface area contributed by atoms with Gasteiger partial charge in [0.1, 0.15) is 5.82 Å². The van der Waals surface area contributed by atoms with Crippen LogP contribution >= 0.6 is 11.6 Å². The van der Waals surface area contributed by atoms with Crippen molar-refractivity contribution in [1.82, 2.24) is 4.98 Å². The Bertz CT molecular complexity index is 689. The molecule has 0 aliphatic heterocycles. The number of benzene rings is 1. The molecule has 0 atom stereocenters. The zero-order valence-electron chi connectivity index (χ0n) is 10.4. The Balaban J connectivity index is 2.29. The molecule has 110 valence electrons. The Labute approximate surface area is 122 Å². The normalized spacial score (nSPS) is 11.2. The van der Waals surface area contributed by atoms with Gasteiger partial charge in [-0.3, -0.25) is 4.79 Å². The SMILES string of the molecule is Nc1ncccc1C(=O)Nc1ccc(Cl)c(C(F)(F)F)c1. The molecule has 0 unspecified atom stereocenters. The van der Waals surface area contributed by atoms with Gasteiger partial charge >= 0.3 is 6.18 Å². The number of carbonyl (C=O) groups is 1. The molecule has 1 amide bonds. The second-order valence-corrected chi connectivity index (χ2v) is 4.49. The average Bonchev–Trinajstić information content (AvgIpc) is 2.40. The first kappa shape index (κ1) is 15.1. The molecule has 4 nitrogen and oxygen atoms in total. The molecule has 0 radical (unpaired) electrons. The summed E-state index contributed by atoms with van der Waals surface area (Å²) >= 11 is 5.50. The zero-order chi connectivity index (χ0) is 15.6. The molecule has 0 saturated carbocycles. The number of nitrogen functional groups attached to an aromatic ring is 1. The van der Waals surface area contributed by atoms with Crippen molar-refractivity contribution < 1.29 is 18.0 Å². The fourth-order valence-electron chi connectivity index (χ4n) is 1.63. The molecular weight excluding hydrogens is 307 g/mol. The molecule has 0 saturated heterocycles. The number of amides is 1. The third-order valence-corrected chi connectivity index (χ3v) is 2.94. The molecule has 21 heavy (non-hydrogen) atoms. The van der Waals surface area contributed by atoms with Crippen LogP contribution in [0.25, 0.3) is 0 Å². The summed E-state index contributed by atoms with van der Waals surface area (Å²) in [5.74, 6) is -0.670. The van der Waals surface area contributed by atoms with Crippen molar-refractivity contribution in [3.8, 4) is 0 Å². The standard InChI is InChI=1S/C13H9ClF3N3O/c14-10-4-3-7(6-9(10)13(15,16)17)20-12(21)8-2-1-5-19-11(8)18/h1-6H,(H2,18,19)(H,20,21). The fraction of sp³-hybridized carbons (Fsp3) is 0.0769. The number of rotatable bonds is 2. The minimum Gasteiger partial charge on any atom is -0.383 e. The average molecular weight is 316 g/mol. The first-order valence-corrected chi connectivity index (χ1v) is 6.05. The number of nitrogens with one attached hydrogen (secondary N) is 1. The third-order valence-electron chi connectivity index (χ3n) is 2.61. The van der Waals surface area contributed by atoms with Crippen molar-refractivity contribution >= 4 is 29.0 Å². The van der Waals surface area contributed by atoms with Crippen molar-refractivity contribution in [2.24, 2.45) is 0 Å². The Hall–Kier alpha value is -2.28. The van der Waals surface area contributed by atoms with E-state index in [1.165, 1.54) is 24.4 Å². The van der Waals surface area contributed by atoms with Gasteiger partial charge in [-0.15, -0.1) is 0 Å². The molecule has 0 aliphatic rings. The van der Waals surface area contributed by atoms with Crippen molar-refractivity contribution in [3.05, 3.63) is 52.7 Å². The third kappa shape index (κ3) is 3.43. The summed E-state index contributed by atoms with van der Waals surface area (Å²) in [4.78, 5) is 15.7. The van der Waals surface area contributed by atoms with Crippen molar-refractivity contribution in [2.75, 3.05) is 11.1 Å². The van der Waals surface area contributed by atoms with E-state index in [1.807, 2.05) is 0 Å². The molecular formula is C13H9ClF3N3O. The number of anilines is 2. The summed E-state index contributed by atoms with van der Waals surface area (Å²) < 4.78 is 38.2. The maximum Gasteiger partial charge on any atom is 0.417 e. The van der Waals surface area contributed by atoms with Gasteiger partial charge in [0.15, 0.2) is 0 Å². The molecule has 3 N–H and O–H groups in total. The number of hydrogen-bond donors (Lipinski definition) is 2. The van der Waals surface area contributed by atoms with E-state index >= 15 is 0 Å². The summed E-state index contributed by atoms with van der Waals surface area (Å²) in [6.45, 7) is 0. The van der Waals surface area contributed by atoms with E-state index < -0.39 is 22.7 Å². The first-order chi connectivity index (χ1) is 9.79. The summed E-state index contributed by atoms with van der Waals surface area (Å²) in [6.07, 6.45) is -3.21. The second-order valence-electron chi connectivity index (χ2n) is 4.08. The highest BCUT2D eigenvalue weighted by Crippen LogP contribution is 2.36. The number of nitrogens with zero attached hydrogens (tertiary/aromatic N) is 1. The summed E-state index contributed by atoms with van der Waals surface area (Å²) in [5, 5.41) is 1.88. The van der Waals surface area contributed by atoms with Gasteiger partial charge in [-0.2, -0.15) is 13.2 Å². The van der Waals surface area contributed by atoms with E-state index in [4.69, 9.17) is 17.3 Å². The molecule has 1 heterocycles. The monoisotopic (exact) mass is 315 g/mol. The van der Waals surface area contributed by atoms with Crippen LogP contribution in [0.15, 0.2) is 36.5 Å². The molecule has 0 spiro atoms. The predicted octanol–water partition coefficient (Wildman–Crippen LogP) is 3.59. The summed E-state index contributed by atoms with van der Waals surface area (Å²) in [6, 6.07) is 5.99. The topological polar surface area (TPSA) is 68.0 Å². The van der Waals surface area contributed by atoms with E-state index in [0.29, 0.717) is 0 Å². The lowest BCUT2D eigenvalue weighted by Gasteiger charge is -2.12. The number of halogens is 4. The van der Waals surface area contributed by atoms with Gasteiger partial charge in [0.2, 0.25) is 0 Å². The number of pyridine rings is 1. The van der Waals surface area contributed by atoms with E-state index in [2.05, 4.69) is 10.3 Å². The van der Waals surface area contributed by atoms with Crippen LogP contribution in [0.4, 0.5) is 24.7 Å². The van der Waals surface area contributed by atoms with Gasteiger partial charge < -0.3 is 11.1 Å². The van der Waals surface area contributed by atoms with Crippen LogP contribution in [0.3, 0.4) is 0 Å². The lowest BCUT2D eigenvalue weighted by molar-refractivity contribution is -0.137. The second kappa shape index (κ2) is 5.61. The van der Waals surface area contributed by atoms with Gasteiger partial charge in [0, 0.05) is 11.9 Å². The van der Waals surface area contributed by atoms with Crippen LogP contribution in [0.5, 0.6) is 0 Å². The lowest BCUT2D eigenvalue weighted by Crippen LogP contribution is -2.15. The van der Waals surface area contributed by atoms with E-state index in [1.54, 1.807) is 0 Å². The molecule has 1 aromatic heterocycles. The molecule has 0 aliphatic carbocycles. The van der Waals surface area contributed by atoms with Crippen LogP contribution in [0.1, 0.15) is 15.9 Å². The minimum absolute atomic E-state index is 0.0139. The van der Waals surface area contributed by atoms with Crippen LogP contribution in [-0.2, 0) is 6.18 Å². The van der Waals surface area contributed by atoms with Crippen molar-refractivity contribution in [1.29, 1.82) is 0 Å². The minimum atomic E-state index is -4.61. The molecule has 1 aromatic carbocycles. The largest absolute Gasteiger partial charge is 0.417 e. The maximum absolute atomic E-state index is 12.7. The van der Waals surface area contributed by atoms with Crippen molar-refractivity contribution in [2.45, 2.75) is 6.18 Å². The number of aromatic nitrogens is 1. The lowest BCUT2D eigenvalue weighted by atomic mass is 10.1. The quantitative estimate of drug-likeness (QED) is 0.890. The van der Waals surface area contributed by atoms with Gasteiger partial charge in [0.25, 0.3) is 5.91 Å². The Morgan fingerprint density at radius 1 is 1.29 bits per heavy atom. The fourth-order valence-corrected chi connectivity index (χ4v) is 1.85. The predicted molar refractivity (Wildman–Crippen MR) is 73.1 cm³/mol. The zero-order valence-corrected chi connectivity index (χ0v) is 11.2. The molecule has 2 rings (SSSR count). The van der Waals surface area contributed by atoms with Gasteiger partial charge in [-0.05, 0) is 30.3 Å². The number of carbonyl (C=O) groups excluding carboxylic acids is 1. The van der Waals surface area contributed by atoms with Crippen LogP contribution in [0.2, 0.25) is 5.02 Å². The molecule has 0 fully saturated rings. The maximum atomic E-state index is 12.7. The van der Waals surface area contributed by atoms with Gasteiger partial charge in [-0.25, -0.2) is 4.98 Å². The first-order valence-electron chi connectivity index (χ1n) is 5.67. The molecule has 0 bridgehead atoms. The highest BCUT2D eigenvalue weighted by molar-refractivity contribution is 6.31. The highest BCUT2D eigenvalue weighted by Gasteiger charge is 2.33. The Morgan fingerprint density at radius 3 is 2.62 bits per heavy atom. The number of nitrogens with two attached hydrogens (primary N) is 1. The Kier molecular flexibility index (Phi) is 4.04. The highest BCUT2D eigenvalue weighted by atomic mass is 35.5. The number of hydrogen-bond acceptors (Lipinski definition) is 3.